The van der Waals surface area contributed by atoms with E-state index in [9.17, 15) is 10.1 Å². The van der Waals surface area contributed by atoms with Crippen LogP contribution >= 0.6 is 11.8 Å². The van der Waals surface area contributed by atoms with Crippen molar-refractivity contribution in [1.29, 1.82) is 5.26 Å². The molecule has 1 aromatic heterocycles. The van der Waals surface area contributed by atoms with Gasteiger partial charge in [-0.3, -0.25) is 14.6 Å². The molecule has 0 bridgehead atoms. The Morgan fingerprint density at radius 3 is 2.71 bits per heavy atom. The van der Waals surface area contributed by atoms with E-state index in [1.165, 1.54) is 5.56 Å². The summed E-state index contributed by atoms with van der Waals surface area (Å²) in [6.45, 7) is 5.46. The lowest BCUT2D eigenvalue weighted by molar-refractivity contribution is -0.132. The summed E-state index contributed by atoms with van der Waals surface area (Å²) in [7, 11) is 0. The number of rotatable bonds is 4. The van der Waals surface area contributed by atoms with Gasteiger partial charge in [0, 0.05) is 12.3 Å². The fourth-order valence-electron chi connectivity index (χ4n) is 3.73. The van der Waals surface area contributed by atoms with Crippen LogP contribution in [0, 0.1) is 11.3 Å². The van der Waals surface area contributed by atoms with Gasteiger partial charge in [0.05, 0.1) is 42.0 Å². The third-order valence-corrected chi connectivity index (χ3v) is 6.52. The van der Waals surface area contributed by atoms with Gasteiger partial charge in [-0.1, -0.05) is 49.9 Å². The monoisotopic (exact) mass is 393 g/mol. The van der Waals surface area contributed by atoms with Crippen molar-refractivity contribution in [1.82, 2.24) is 9.80 Å². The van der Waals surface area contributed by atoms with E-state index >= 15 is 0 Å². The van der Waals surface area contributed by atoms with Crippen LogP contribution in [0.2, 0.25) is 0 Å². The van der Waals surface area contributed by atoms with Crippen LogP contribution in [0.3, 0.4) is 0 Å². The molecule has 0 unspecified atom stereocenters. The van der Waals surface area contributed by atoms with Crippen molar-refractivity contribution in [3.63, 3.8) is 0 Å². The average Bonchev–Trinajstić information content (AvgIpc) is 3.21. The topological polar surface area (TPSA) is 60.5 Å². The smallest absolute Gasteiger partial charge is 0.229 e. The zero-order valence-corrected chi connectivity index (χ0v) is 16.9. The predicted molar refractivity (Wildman–Crippen MR) is 109 cm³/mol. The summed E-state index contributed by atoms with van der Waals surface area (Å²) in [6.07, 6.45) is 2.00. The van der Waals surface area contributed by atoms with Gasteiger partial charge in [-0.15, -0.1) is 0 Å². The molecule has 2 aliphatic heterocycles. The second kappa shape index (κ2) is 7.86. The van der Waals surface area contributed by atoms with E-state index in [1.807, 2.05) is 12.1 Å². The zero-order chi connectivity index (χ0) is 19.7. The molecule has 1 amide bonds. The van der Waals surface area contributed by atoms with Gasteiger partial charge in [0.15, 0.2) is 0 Å². The lowest BCUT2D eigenvalue weighted by Gasteiger charge is -2.41. The molecule has 3 heterocycles. The number of benzene rings is 1. The van der Waals surface area contributed by atoms with E-state index in [-0.39, 0.29) is 11.8 Å². The molecule has 0 radical (unpaired) electrons. The maximum Gasteiger partial charge on any atom is 0.229 e. The summed E-state index contributed by atoms with van der Waals surface area (Å²) >= 11 is 1.57. The van der Waals surface area contributed by atoms with E-state index in [0.29, 0.717) is 31.1 Å². The molecule has 4 rings (SSSR count). The summed E-state index contributed by atoms with van der Waals surface area (Å²) in [5.74, 6) is 1.98. The normalized spacial score (nSPS) is 20.4. The first-order valence-electron chi connectivity index (χ1n) is 9.49. The van der Waals surface area contributed by atoms with Gasteiger partial charge >= 0.3 is 0 Å². The molecule has 2 aromatic rings. The molecule has 1 fully saturated rings. The average molecular weight is 394 g/mol. The Kier molecular flexibility index (Phi) is 5.29. The number of carbonyl (C=O) groups is 1. The summed E-state index contributed by atoms with van der Waals surface area (Å²) in [4.78, 5) is 16.8. The van der Waals surface area contributed by atoms with Crippen LogP contribution in [0.25, 0.3) is 0 Å². The zero-order valence-electron chi connectivity index (χ0n) is 16.1. The summed E-state index contributed by atoms with van der Waals surface area (Å²) < 4.78 is 5.42. The molecular formula is C22H23N3O2S. The van der Waals surface area contributed by atoms with Gasteiger partial charge in [0.25, 0.3) is 0 Å². The Morgan fingerprint density at radius 2 is 2.07 bits per heavy atom. The number of carbonyl (C=O) groups excluding carboxylic acids is 1. The molecule has 28 heavy (non-hydrogen) atoms. The van der Waals surface area contributed by atoms with E-state index in [1.54, 1.807) is 22.9 Å². The first kappa shape index (κ1) is 18.9. The second-order valence-electron chi connectivity index (χ2n) is 7.55. The maximum absolute atomic E-state index is 12.9. The van der Waals surface area contributed by atoms with Crippen LogP contribution in [-0.2, 0) is 11.3 Å². The first-order chi connectivity index (χ1) is 13.6. The predicted octanol–water partition coefficient (Wildman–Crippen LogP) is 4.62. The van der Waals surface area contributed by atoms with Crippen molar-refractivity contribution in [2.24, 2.45) is 0 Å². The number of amides is 1. The number of allylic oxidation sites excluding steroid dienone is 1. The molecule has 1 saturated heterocycles. The van der Waals surface area contributed by atoms with Crippen LogP contribution in [0.5, 0.6) is 0 Å². The lowest BCUT2D eigenvalue weighted by atomic mass is 9.85. The van der Waals surface area contributed by atoms with Gasteiger partial charge in [0.1, 0.15) is 5.76 Å². The highest BCUT2D eigenvalue weighted by Gasteiger charge is 2.38. The van der Waals surface area contributed by atoms with Crippen LogP contribution < -0.4 is 0 Å². The molecular weight excluding hydrogens is 370 g/mol. The van der Waals surface area contributed by atoms with Crippen molar-refractivity contribution in [3.05, 3.63) is 70.2 Å². The molecule has 0 aliphatic carbocycles. The minimum absolute atomic E-state index is 0.0728. The van der Waals surface area contributed by atoms with Gasteiger partial charge in [-0.2, -0.15) is 5.26 Å². The minimum Gasteiger partial charge on any atom is -0.468 e. The third kappa shape index (κ3) is 3.60. The number of hydrogen-bond donors (Lipinski definition) is 0. The first-order valence-corrected chi connectivity index (χ1v) is 10.5. The van der Waals surface area contributed by atoms with Gasteiger partial charge < -0.3 is 4.42 Å². The number of nitrogens with zero attached hydrogens (tertiary/aromatic N) is 3. The van der Waals surface area contributed by atoms with E-state index < -0.39 is 0 Å². The Balaban J connectivity index is 1.58. The molecule has 2 aliphatic rings. The molecule has 0 spiro atoms. The van der Waals surface area contributed by atoms with Crippen molar-refractivity contribution in [3.8, 4) is 6.07 Å². The van der Waals surface area contributed by atoms with Crippen molar-refractivity contribution in [2.45, 2.75) is 38.6 Å². The number of thioether (sulfide) groups is 1. The quantitative estimate of drug-likeness (QED) is 0.759. The third-order valence-electron chi connectivity index (χ3n) is 5.31. The van der Waals surface area contributed by atoms with Crippen molar-refractivity contribution in [2.75, 3.05) is 12.5 Å². The van der Waals surface area contributed by atoms with Gasteiger partial charge in [0.2, 0.25) is 5.91 Å². The lowest BCUT2D eigenvalue weighted by Crippen LogP contribution is -2.46. The van der Waals surface area contributed by atoms with Crippen LogP contribution in [-0.4, -0.2) is 28.3 Å². The number of nitriles is 1. The van der Waals surface area contributed by atoms with Crippen LogP contribution in [0.1, 0.15) is 49.0 Å². The molecule has 5 nitrogen and oxygen atoms in total. The fourth-order valence-corrected chi connectivity index (χ4v) is 4.87. The highest BCUT2D eigenvalue weighted by Crippen LogP contribution is 2.42. The fraction of sp³-hybridized carbons (Fsp3) is 0.364. The van der Waals surface area contributed by atoms with Crippen LogP contribution in [0.15, 0.2) is 57.7 Å². The minimum atomic E-state index is -0.158. The van der Waals surface area contributed by atoms with Crippen molar-refractivity contribution < 1.29 is 9.21 Å². The largest absolute Gasteiger partial charge is 0.468 e. The molecule has 1 aromatic carbocycles. The highest BCUT2D eigenvalue weighted by atomic mass is 32.2. The number of furan rings is 1. The van der Waals surface area contributed by atoms with Gasteiger partial charge in [-0.25, -0.2) is 0 Å². The summed E-state index contributed by atoms with van der Waals surface area (Å²) in [5.41, 5.74) is 3.01. The maximum atomic E-state index is 12.9. The van der Waals surface area contributed by atoms with Crippen LogP contribution in [0.4, 0.5) is 0 Å². The Bertz CT molecular complexity index is 926. The number of hydrogen-bond acceptors (Lipinski definition) is 5. The molecule has 144 valence electrons. The summed E-state index contributed by atoms with van der Waals surface area (Å²) in [6, 6.07) is 14.5. The Labute approximate surface area is 169 Å². The highest BCUT2D eigenvalue weighted by molar-refractivity contribution is 8.03. The second-order valence-corrected chi connectivity index (χ2v) is 8.49. The molecule has 0 saturated carbocycles. The standard InChI is InChI=1S/C22H23N3O2S/c1-15(2)16-5-7-17(8-6-16)19-10-21(26)25-13-24(12-18-4-3-9-27-18)14-28-22(25)20(19)11-23/h3-9,15,19H,10,12-14H2,1-2H3/t19-/m0/s1. The molecule has 0 N–H and O–H groups in total. The Hall–Kier alpha value is -2.49. The number of fused-ring (bicyclic) bond motifs is 1. The van der Waals surface area contributed by atoms with E-state index in [4.69, 9.17) is 4.42 Å². The SMILES string of the molecule is CC(C)c1ccc([C@@H]2CC(=O)N3CN(Cc4ccco4)CSC3=C2C#N)cc1. The molecule has 1 atom stereocenters. The van der Waals surface area contributed by atoms with Gasteiger partial charge in [-0.05, 0) is 29.2 Å². The Morgan fingerprint density at radius 1 is 1.29 bits per heavy atom. The van der Waals surface area contributed by atoms with E-state index in [2.05, 4.69) is 49.1 Å². The molecule has 6 heteroatoms. The van der Waals surface area contributed by atoms with Crippen molar-refractivity contribution >= 4 is 17.7 Å². The summed E-state index contributed by atoms with van der Waals surface area (Å²) in [5, 5.41) is 10.7. The van der Waals surface area contributed by atoms with E-state index in [0.717, 1.165) is 22.2 Å².